The molecule has 0 saturated carbocycles. The third-order valence-electron chi connectivity index (χ3n) is 3.71. The molecule has 1 amide bonds. The van der Waals surface area contributed by atoms with Crippen molar-refractivity contribution in [2.24, 2.45) is 0 Å². The number of benzene rings is 1. The molecule has 0 radical (unpaired) electrons. The maximum Gasteiger partial charge on any atom is 0.246 e. The molecule has 4 aromatic rings. The van der Waals surface area contributed by atoms with Crippen LogP contribution in [0.25, 0.3) is 10.7 Å². The number of carbonyl (C=O) groups excluding carboxylic acids is 1. The molecule has 0 aliphatic rings. The quantitative estimate of drug-likeness (QED) is 0.567. The molecule has 0 saturated heterocycles. The predicted molar refractivity (Wildman–Crippen MR) is 97.7 cm³/mol. The SMILES string of the molecule is O=C(Cn1cccn1)Nc1ccccc1Cc1nc(-c2cccs2)no1. The highest BCUT2D eigenvalue weighted by Crippen LogP contribution is 2.23. The zero-order chi connectivity index (χ0) is 17.8. The average molecular weight is 365 g/mol. The summed E-state index contributed by atoms with van der Waals surface area (Å²) in [7, 11) is 0. The van der Waals surface area contributed by atoms with Gasteiger partial charge in [-0.05, 0) is 29.1 Å². The highest BCUT2D eigenvalue weighted by Gasteiger charge is 2.13. The fourth-order valence-electron chi connectivity index (χ4n) is 2.52. The van der Waals surface area contributed by atoms with E-state index in [0.717, 1.165) is 16.1 Å². The van der Waals surface area contributed by atoms with Crippen molar-refractivity contribution >= 4 is 22.9 Å². The van der Waals surface area contributed by atoms with Crippen molar-refractivity contribution in [3.05, 3.63) is 71.7 Å². The fraction of sp³-hybridized carbons (Fsp3) is 0.111. The Balaban J connectivity index is 1.48. The first kappa shape index (κ1) is 16.2. The molecule has 0 bridgehead atoms. The molecule has 26 heavy (non-hydrogen) atoms. The van der Waals surface area contributed by atoms with Gasteiger partial charge in [0.15, 0.2) is 0 Å². The van der Waals surface area contributed by atoms with Crippen LogP contribution < -0.4 is 5.32 Å². The monoisotopic (exact) mass is 365 g/mol. The summed E-state index contributed by atoms with van der Waals surface area (Å²) in [5.74, 6) is 0.934. The Morgan fingerprint density at radius 1 is 1.19 bits per heavy atom. The first-order chi connectivity index (χ1) is 12.8. The van der Waals surface area contributed by atoms with Gasteiger partial charge in [-0.2, -0.15) is 10.1 Å². The van der Waals surface area contributed by atoms with Gasteiger partial charge in [-0.1, -0.05) is 29.4 Å². The Morgan fingerprint density at radius 2 is 2.12 bits per heavy atom. The van der Waals surface area contributed by atoms with Crippen LogP contribution in [-0.4, -0.2) is 25.8 Å². The maximum atomic E-state index is 12.2. The summed E-state index contributed by atoms with van der Waals surface area (Å²) < 4.78 is 6.93. The smallest absolute Gasteiger partial charge is 0.246 e. The number of nitrogens with zero attached hydrogens (tertiary/aromatic N) is 4. The highest BCUT2D eigenvalue weighted by molar-refractivity contribution is 7.13. The summed E-state index contributed by atoms with van der Waals surface area (Å²) >= 11 is 1.56. The molecule has 7 nitrogen and oxygen atoms in total. The zero-order valence-electron chi connectivity index (χ0n) is 13.7. The lowest BCUT2D eigenvalue weighted by Crippen LogP contribution is -2.19. The van der Waals surface area contributed by atoms with Crippen molar-refractivity contribution in [1.29, 1.82) is 0 Å². The van der Waals surface area contributed by atoms with Gasteiger partial charge in [0.2, 0.25) is 17.6 Å². The highest BCUT2D eigenvalue weighted by atomic mass is 32.1. The van der Waals surface area contributed by atoms with E-state index in [1.807, 2.05) is 41.8 Å². The van der Waals surface area contributed by atoms with Crippen LogP contribution in [0.1, 0.15) is 11.5 Å². The van der Waals surface area contributed by atoms with Gasteiger partial charge in [0.1, 0.15) is 6.54 Å². The zero-order valence-corrected chi connectivity index (χ0v) is 14.5. The summed E-state index contributed by atoms with van der Waals surface area (Å²) in [6, 6.07) is 13.2. The van der Waals surface area contributed by atoms with Crippen LogP contribution in [0.15, 0.2) is 64.8 Å². The van der Waals surface area contributed by atoms with Crippen LogP contribution in [0.4, 0.5) is 5.69 Å². The number of thiophene rings is 1. The van der Waals surface area contributed by atoms with E-state index in [2.05, 4.69) is 20.6 Å². The lowest BCUT2D eigenvalue weighted by atomic mass is 10.1. The average Bonchev–Trinajstić information content (AvgIpc) is 3.38. The molecule has 3 aromatic heterocycles. The largest absolute Gasteiger partial charge is 0.339 e. The standard InChI is InChI=1S/C18H15N5O2S/c24-16(12-23-9-4-8-19-23)20-14-6-2-1-5-13(14)11-17-21-18(22-25-17)15-7-3-10-26-15/h1-10H,11-12H2,(H,20,24). The van der Waals surface area contributed by atoms with Crippen molar-refractivity contribution in [1.82, 2.24) is 19.9 Å². The maximum absolute atomic E-state index is 12.2. The van der Waals surface area contributed by atoms with Crippen molar-refractivity contribution in [3.63, 3.8) is 0 Å². The van der Waals surface area contributed by atoms with Crippen LogP contribution in [0.5, 0.6) is 0 Å². The summed E-state index contributed by atoms with van der Waals surface area (Å²) in [5, 5.41) is 12.9. The number of para-hydroxylation sites is 1. The van der Waals surface area contributed by atoms with E-state index in [4.69, 9.17) is 4.52 Å². The van der Waals surface area contributed by atoms with Crippen LogP contribution in [0.2, 0.25) is 0 Å². The number of aromatic nitrogens is 4. The van der Waals surface area contributed by atoms with Crippen molar-refractivity contribution < 1.29 is 9.32 Å². The molecule has 8 heteroatoms. The number of hydrogen-bond acceptors (Lipinski definition) is 6. The second kappa shape index (κ2) is 7.32. The normalized spacial score (nSPS) is 10.8. The van der Waals surface area contributed by atoms with Crippen molar-refractivity contribution in [2.45, 2.75) is 13.0 Å². The Kier molecular flexibility index (Phi) is 4.57. The van der Waals surface area contributed by atoms with Crippen LogP contribution >= 0.6 is 11.3 Å². The molecule has 0 atom stereocenters. The van der Waals surface area contributed by atoms with Crippen molar-refractivity contribution in [3.8, 4) is 10.7 Å². The van der Waals surface area contributed by atoms with Gasteiger partial charge in [-0.25, -0.2) is 0 Å². The van der Waals surface area contributed by atoms with E-state index in [1.54, 1.807) is 34.5 Å². The lowest BCUT2D eigenvalue weighted by Gasteiger charge is -2.09. The van der Waals surface area contributed by atoms with Crippen LogP contribution in [-0.2, 0) is 17.8 Å². The van der Waals surface area contributed by atoms with E-state index in [0.29, 0.717) is 18.1 Å². The number of rotatable bonds is 6. The topological polar surface area (TPSA) is 85.8 Å². The Hall–Kier alpha value is -3.26. The van der Waals surface area contributed by atoms with Crippen LogP contribution in [0, 0.1) is 0 Å². The summed E-state index contributed by atoms with van der Waals surface area (Å²) in [5.41, 5.74) is 1.63. The molecular weight excluding hydrogens is 350 g/mol. The van der Waals surface area contributed by atoms with E-state index in [9.17, 15) is 4.79 Å². The van der Waals surface area contributed by atoms with Gasteiger partial charge in [-0.15, -0.1) is 11.3 Å². The number of carbonyl (C=O) groups is 1. The summed E-state index contributed by atoms with van der Waals surface area (Å²) in [6.07, 6.45) is 3.83. The number of hydrogen-bond donors (Lipinski definition) is 1. The Labute approximate surface area is 153 Å². The lowest BCUT2D eigenvalue weighted by molar-refractivity contribution is -0.116. The van der Waals surface area contributed by atoms with Crippen molar-refractivity contribution in [2.75, 3.05) is 5.32 Å². The third kappa shape index (κ3) is 3.70. The van der Waals surface area contributed by atoms with Gasteiger partial charge in [-0.3, -0.25) is 9.48 Å². The first-order valence-electron chi connectivity index (χ1n) is 7.99. The number of anilines is 1. The second-order valence-electron chi connectivity index (χ2n) is 5.57. The van der Waals surface area contributed by atoms with E-state index >= 15 is 0 Å². The van der Waals surface area contributed by atoms with Gasteiger partial charge in [0.05, 0.1) is 11.3 Å². The fourth-order valence-corrected chi connectivity index (χ4v) is 3.17. The Bertz CT molecular complexity index is 992. The molecule has 0 aliphatic carbocycles. The number of nitrogens with one attached hydrogen (secondary N) is 1. The van der Waals surface area contributed by atoms with E-state index in [-0.39, 0.29) is 12.5 Å². The Morgan fingerprint density at radius 3 is 2.92 bits per heavy atom. The van der Waals surface area contributed by atoms with Crippen LogP contribution in [0.3, 0.4) is 0 Å². The summed E-state index contributed by atoms with van der Waals surface area (Å²) in [4.78, 5) is 17.6. The first-order valence-corrected chi connectivity index (χ1v) is 8.87. The minimum absolute atomic E-state index is 0.147. The molecule has 3 heterocycles. The van der Waals surface area contributed by atoms with Gasteiger partial charge < -0.3 is 9.84 Å². The van der Waals surface area contributed by atoms with Gasteiger partial charge in [0, 0.05) is 18.1 Å². The summed E-state index contributed by atoms with van der Waals surface area (Å²) in [6.45, 7) is 0.157. The molecule has 1 N–H and O–H groups in total. The third-order valence-corrected chi connectivity index (χ3v) is 4.57. The molecule has 130 valence electrons. The molecular formula is C18H15N5O2S. The minimum Gasteiger partial charge on any atom is -0.339 e. The molecule has 0 aliphatic heterocycles. The van der Waals surface area contributed by atoms with E-state index < -0.39 is 0 Å². The second-order valence-corrected chi connectivity index (χ2v) is 6.52. The van der Waals surface area contributed by atoms with Gasteiger partial charge in [0.25, 0.3) is 0 Å². The molecule has 1 aromatic carbocycles. The van der Waals surface area contributed by atoms with E-state index in [1.165, 1.54) is 0 Å². The predicted octanol–water partition coefficient (Wildman–Crippen LogP) is 3.22. The van der Waals surface area contributed by atoms with Gasteiger partial charge >= 0.3 is 0 Å². The number of amides is 1. The molecule has 0 fully saturated rings. The molecule has 0 spiro atoms. The molecule has 0 unspecified atom stereocenters. The molecule has 4 rings (SSSR count). The minimum atomic E-state index is -0.147.